The molecule has 142 valence electrons. The summed E-state index contributed by atoms with van der Waals surface area (Å²) in [5.41, 5.74) is 0.446. The summed E-state index contributed by atoms with van der Waals surface area (Å²) in [6.07, 6.45) is -4.64. The smallest absolute Gasteiger partial charge is 0.418 e. The quantitative estimate of drug-likeness (QED) is 0.631. The van der Waals surface area contributed by atoms with Crippen molar-refractivity contribution in [3.63, 3.8) is 0 Å². The summed E-state index contributed by atoms with van der Waals surface area (Å²) in [4.78, 5) is 16.5. The van der Waals surface area contributed by atoms with E-state index in [0.29, 0.717) is 22.7 Å². The molecule has 1 atom stereocenters. The van der Waals surface area contributed by atoms with Gasteiger partial charge >= 0.3 is 6.18 Å². The number of nitrogens with one attached hydrogen (secondary N) is 2. The fourth-order valence-electron chi connectivity index (χ4n) is 2.55. The Hall–Kier alpha value is -2.74. The predicted octanol–water partition coefficient (Wildman–Crippen LogP) is 5.25. The number of fused-ring (bicyclic) bond motifs is 1. The van der Waals surface area contributed by atoms with Gasteiger partial charge in [-0.25, -0.2) is 4.98 Å². The molecule has 0 saturated carbocycles. The fraction of sp³-hybridized carbons (Fsp3) is 0.222. The molecule has 3 aromatic rings. The van der Waals surface area contributed by atoms with Crippen molar-refractivity contribution < 1.29 is 22.4 Å². The summed E-state index contributed by atoms with van der Waals surface area (Å²) in [6, 6.07) is 7.47. The van der Waals surface area contributed by atoms with Gasteiger partial charge in [0.15, 0.2) is 11.5 Å². The molecule has 1 aromatic heterocycles. The van der Waals surface area contributed by atoms with Crippen molar-refractivity contribution in [2.24, 2.45) is 0 Å². The topological polar surface area (TPSA) is 67.2 Å². The molecule has 0 aliphatic rings. The maximum Gasteiger partial charge on any atom is 0.418 e. The molecule has 1 amide bonds. The number of carbonyl (C=O) groups is 1. The van der Waals surface area contributed by atoms with E-state index in [1.807, 2.05) is 0 Å². The first-order valence-electron chi connectivity index (χ1n) is 7.95. The van der Waals surface area contributed by atoms with Crippen LogP contribution in [0.3, 0.4) is 0 Å². The third-order valence-corrected chi connectivity index (χ3v) is 4.05. The monoisotopic (exact) mass is 397 g/mol. The van der Waals surface area contributed by atoms with Crippen LogP contribution in [-0.2, 0) is 11.0 Å². The van der Waals surface area contributed by atoms with Crippen molar-refractivity contribution in [1.29, 1.82) is 0 Å². The summed E-state index contributed by atoms with van der Waals surface area (Å²) < 4.78 is 44.8. The molecule has 0 aliphatic carbocycles. The number of benzene rings is 2. The molecule has 0 fully saturated rings. The van der Waals surface area contributed by atoms with Gasteiger partial charge in [0.2, 0.25) is 5.91 Å². The molecular formula is C18H15ClF3N3O2. The second-order valence-electron chi connectivity index (χ2n) is 5.96. The number of carbonyl (C=O) groups excluding carboxylic acids is 1. The van der Waals surface area contributed by atoms with E-state index >= 15 is 0 Å². The predicted molar refractivity (Wildman–Crippen MR) is 96.9 cm³/mol. The van der Waals surface area contributed by atoms with Gasteiger partial charge in [0.1, 0.15) is 11.6 Å². The van der Waals surface area contributed by atoms with Gasteiger partial charge in [0.25, 0.3) is 0 Å². The van der Waals surface area contributed by atoms with Gasteiger partial charge in [-0.2, -0.15) is 13.2 Å². The first-order valence-corrected chi connectivity index (χ1v) is 8.32. The number of rotatable bonds is 4. The zero-order chi connectivity index (χ0) is 19.8. The lowest BCUT2D eigenvalue weighted by molar-refractivity contribution is -0.137. The maximum absolute atomic E-state index is 13.1. The lowest BCUT2D eigenvalue weighted by Crippen LogP contribution is -2.32. The molecule has 0 spiro atoms. The number of hydrogen-bond acceptors (Lipinski definition) is 4. The van der Waals surface area contributed by atoms with Crippen LogP contribution in [0.1, 0.15) is 18.4 Å². The normalized spacial score (nSPS) is 12.8. The molecule has 27 heavy (non-hydrogen) atoms. The summed E-state index contributed by atoms with van der Waals surface area (Å²) in [7, 11) is 0. The summed E-state index contributed by atoms with van der Waals surface area (Å²) in [5, 5.41) is 5.16. The molecule has 5 nitrogen and oxygen atoms in total. The second kappa shape index (κ2) is 7.11. The minimum absolute atomic E-state index is 0.0669. The number of aryl methyl sites for hydroxylation is 1. The van der Waals surface area contributed by atoms with Gasteiger partial charge in [-0.3, -0.25) is 4.79 Å². The summed E-state index contributed by atoms with van der Waals surface area (Å²) in [6.45, 7) is 3.25. The van der Waals surface area contributed by atoms with Gasteiger partial charge in [-0.1, -0.05) is 11.6 Å². The average molecular weight is 398 g/mol. The molecule has 1 heterocycles. The lowest BCUT2D eigenvalue weighted by atomic mass is 10.1. The Morgan fingerprint density at radius 3 is 2.67 bits per heavy atom. The van der Waals surface area contributed by atoms with Crippen molar-refractivity contribution in [1.82, 2.24) is 4.98 Å². The van der Waals surface area contributed by atoms with Gasteiger partial charge in [0, 0.05) is 17.6 Å². The third kappa shape index (κ3) is 4.33. The molecule has 9 heteroatoms. The van der Waals surface area contributed by atoms with Crippen LogP contribution < -0.4 is 10.6 Å². The van der Waals surface area contributed by atoms with Crippen LogP contribution in [-0.4, -0.2) is 16.9 Å². The zero-order valence-corrected chi connectivity index (χ0v) is 15.1. The van der Waals surface area contributed by atoms with E-state index in [0.717, 1.165) is 12.1 Å². The number of amides is 1. The van der Waals surface area contributed by atoms with Crippen LogP contribution in [0.2, 0.25) is 5.02 Å². The average Bonchev–Trinajstić information content (AvgIpc) is 2.94. The third-order valence-electron chi connectivity index (χ3n) is 3.82. The second-order valence-corrected chi connectivity index (χ2v) is 6.39. The minimum atomic E-state index is -4.64. The SMILES string of the molecule is Cc1nc2cc(N[C@@H](C)C(=O)Nc3ccc(Cl)cc3C(F)(F)F)ccc2o1. The van der Waals surface area contributed by atoms with Crippen LogP contribution in [0.25, 0.3) is 11.1 Å². The largest absolute Gasteiger partial charge is 0.441 e. The number of alkyl halides is 3. The van der Waals surface area contributed by atoms with Crippen molar-refractivity contribution >= 4 is 40.0 Å². The van der Waals surface area contributed by atoms with E-state index in [1.165, 1.54) is 13.0 Å². The van der Waals surface area contributed by atoms with Crippen molar-refractivity contribution in [2.45, 2.75) is 26.1 Å². The standard InChI is InChI=1S/C18H15ClF3N3O2/c1-9(23-12-4-6-16-15(8-12)24-10(2)27-16)17(26)25-14-5-3-11(19)7-13(14)18(20,21)22/h3-9,23H,1-2H3,(H,25,26)/t9-/m0/s1. The lowest BCUT2D eigenvalue weighted by Gasteiger charge is -2.18. The number of halogens is 4. The van der Waals surface area contributed by atoms with Crippen molar-refractivity contribution in [3.8, 4) is 0 Å². The molecule has 2 N–H and O–H groups in total. The van der Waals surface area contributed by atoms with Crippen LogP contribution in [0.15, 0.2) is 40.8 Å². The number of anilines is 2. The number of hydrogen-bond donors (Lipinski definition) is 2. The van der Waals surface area contributed by atoms with E-state index in [9.17, 15) is 18.0 Å². The van der Waals surface area contributed by atoms with E-state index in [4.69, 9.17) is 16.0 Å². The van der Waals surface area contributed by atoms with Gasteiger partial charge in [-0.05, 0) is 43.3 Å². The van der Waals surface area contributed by atoms with Crippen LogP contribution >= 0.6 is 11.6 Å². The molecule has 0 aliphatic heterocycles. The Morgan fingerprint density at radius 1 is 1.22 bits per heavy atom. The fourth-order valence-corrected chi connectivity index (χ4v) is 2.72. The maximum atomic E-state index is 13.1. The Balaban J connectivity index is 1.75. The molecule has 0 bridgehead atoms. The Labute approximate surface area is 157 Å². The van der Waals surface area contributed by atoms with Crippen LogP contribution in [0.4, 0.5) is 24.5 Å². The Morgan fingerprint density at radius 2 is 1.96 bits per heavy atom. The number of aromatic nitrogens is 1. The van der Waals surface area contributed by atoms with Gasteiger partial charge in [-0.15, -0.1) is 0 Å². The van der Waals surface area contributed by atoms with E-state index in [1.54, 1.807) is 25.1 Å². The zero-order valence-electron chi connectivity index (χ0n) is 14.3. The van der Waals surface area contributed by atoms with E-state index in [-0.39, 0.29) is 10.7 Å². The molecule has 2 aromatic carbocycles. The van der Waals surface area contributed by atoms with Crippen LogP contribution in [0, 0.1) is 6.92 Å². The van der Waals surface area contributed by atoms with Crippen molar-refractivity contribution in [3.05, 3.63) is 52.9 Å². The highest BCUT2D eigenvalue weighted by atomic mass is 35.5. The summed E-state index contributed by atoms with van der Waals surface area (Å²) >= 11 is 5.64. The first kappa shape index (κ1) is 19.0. The highest BCUT2D eigenvalue weighted by Gasteiger charge is 2.34. The molecule has 3 rings (SSSR count). The Bertz CT molecular complexity index is 1000. The van der Waals surface area contributed by atoms with Gasteiger partial charge in [0.05, 0.1) is 11.3 Å². The molecule has 0 unspecified atom stereocenters. The Kier molecular flexibility index (Phi) is 5.01. The van der Waals surface area contributed by atoms with Crippen LogP contribution in [0.5, 0.6) is 0 Å². The van der Waals surface area contributed by atoms with E-state index in [2.05, 4.69) is 15.6 Å². The highest BCUT2D eigenvalue weighted by molar-refractivity contribution is 6.30. The number of nitrogens with zero attached hydrogens (tertiary/aromatic N) is 1. The molecular weight excluding hydrogens is 383 g/mol. The number of oxazole rings is 1. The highest BCUT2D eigenvalue weighted by Crippen LogP contribution is 2.36. The minimum Gasteiger partial charge on any atom is -0.441 e. The molecule has 0 radical (unpaired) electrons. The summed E-state index contributed by atoms with van der Waals surface area (Å²) in [5.74, 6) is -0.116. The van der Waals surface area contributed by atoms with Crippen molar-refractivity contribution in [2.75, 3.05) is 10.6 Å². The van der Waals surface area contributed by atoms with E-state index < -0.39 is 23.7 Å². The molecule has 0 saturated heterocycles. The van der Waals surface area contributed by atoms with Gasteiger partial charge < -0.3 is 15.1 Å². The first-order chi connectivity index (χ1) is 12.6.